The molecular weight excluding hydrogens is 358 g/mol. The maximum Gasteiger partial charge on any atom is 0.317 e. The lowest BCUT2D eigenvalue weighted by atomic mass is 9.97. The lowest BCUT2D eigenvalue weighted by Gasteiger charge is -2.18. The van der Waals surface area contributed by atoms with Crippen molar-refractivity contribution in [3.05, 3.63) is 59.7 Å². The van der Waals surface area contributed by atoms with Crippen LogP contribution in [0.3, 0.4) is 0 Å². The number of para-hydroxylation sites is 1. The van der Waals surface area contributed by atoms with Crippen molar-refractivity contribution in [1.29, 1.82) is 0 Å². The van der Waals surface area contributed by atoms with Gasteiger partial charge in [0.25, 0.3) is 5.91 Å². The molecular formula is C22H27NO3S. The molecule has 0 aliphatic carbocycles. The van der Waals surface area contributed by atoms with Crippen LogP contribution in [0.2, 0.25) is 0 Å². The predicted octanol–water partition coefficient (Wildman–Crippen LogP) is 5.17. The third-order valence-electron chi connectivity index (χ3n) is 4.48. The smallest absolute Gasteiger partial charge is 0.317 e. The number of thioether (sulfide) groups is 1. The zero-order valence-electron chi connectivity index (χ0n) is 16.3. The second-order valence-electron chi connectivity index (χ2n) is 6.57. The summed E-state index contributed by atoms with van der Waals surface area (Å²) in [6.45, 7) is 7.83. The van der Waals surface area contributed by atoms with Gasteiger partial charge in [0.1, 0.15) is 0 Å². The monoisotopic (exact) mass is 385 g/mol. The van der Waals surface area contributed by atoms with Gasteiger partial charge in [0.05, 0.1) is 5.75 Å². The highest BCUT2D eigenvalue weighted by molar-refractivity contribution is 8.00. The van der Waals surface area contributed by atoms with Crippen molar-refractivity contribution in [2.24, 2.45) is 0 Å². The minimum absolute atomic E-state index is 0.173. The first-order valence-corrected chi connectivity index (χ1v) is 10.2. The van der Waals surface area contributed by atoms with Crippen LogP contribution in [0.25, 0.3) is 0 Å². The highest BCUT2D eigenvalue weighted by Crippen LogP contribution is 2.27. The standard InChI is InChI=1S/C22H27NO3S/c1-5-15(2)18-11-7-8-12-19(18)23-22(25)17(4)26-21(24)14-27-20-13-9-6-10-16(20)3/h6-13,15,17H,5,14H2,1-4H3,(H,23,25)/t15-,17+/m1/s1. The minimum atomic E-state index is -0.847. The van der Waals surface area contributed by atoms with Crippen LogP contribution in [0.5, 0.6) is 0 Å². The van der Waals surface area contributed by atoms with Crippen LogP contribution in [0.15, 0.2) is 53.4 Å². The first-order chi connectivity index (χ1) is 12.9. The Hall–Kier alpha value is -2.27. The molecule has 0 radical (unpaired) electrons. The fourth-order valence-electron chi connectivity index (χ4n) is 2.63. The van der Waals surface area contributed by atoms with Crippen LogP contribution in [0.1, 0.15) is 44.2 Å². The highest BCUT2D eigenvalue weighted by Gasteiger charge is 2.20. The molecule has 1 amide bonds. The number of carbonyl (C=O) groups excluding carboxylic acids is 2. The van der Waals surface area contributed by atoms with E-state index in [9.17, 15) is 9.59 Å². The maximum absolute atomic E-state index is 12.4. The van der Waals surface area contributed by atoms with Gasteiger partial charge in [0, 0.05) is 10.6 Å². The molecule has 0 saturated heterocycles. The Morgan fingerprint density at radius 3 is 2.44 bits per heavy atom. The quantitative estimate of drug-likeness (QED) is 0.503. The Labute approximate surface area is 165 Å². The summed E-state index contributed by atoms with van der Waals surface area (Å²) >= 11 is 1.42. The number of amides is 1. The summed E-state index contributed by atoms with van der Waals surface area (Å²) in [5.74, 6) is -0.211. The van der Waals surface area contributed by atoms with Gasteiger partial charge < -0.3 is 10.1 Å². The summed E-state index contributed by atoms with van der Waals surface area (Å²) in [6.07, 6.45) is 0.132. The summed E-state index contributed by atoms with van der Waals surface area (Å²) in [7, 11) is 0. The first-order valence-electron chi connectivity index (χ1n) is 9.20. The molecule has 2 atom stereocenters. The molecule has 1 N–H and O–H groups in total. The Bertz CT molecular complexity index is 791. The minimum Gasteiger partial charge on any atom is -0.452 e. The number of hydrogen-bond donors (Lipinski definition) is 1. The van der Waals surface area contributed by atoms with Gasteiger partial charge >= 0.3 is 5.97 Å². The third kappa shape index (κ3) is 6.14. The Kier molecular flexibility index (Phi) is 7.92. The molecule has 0 fully saturated rings. The topological polar surface area (TPSA) is 55.4 Å². The molecule has 2 aromatic rings. The van der Waals surface area contributed by atoms with Crippen LogP contribution in [-0.4, -0.2) is 23.7 Å². The maximum atomic E-state index is 12.4. The second-order valence-corrected chi connectivity index (χ2v) is 7.59. The predicted molar refractivity (Wildman–Crippen MR) is 111 cm³/mol. The van der Waals surface area contributed by atoms with Crippen molar-refractivity contribution in [3.8, 4) is 0 Å². The molecule has 0 saturated carbocycles. The Morgan fingerprint density at radius 1 is 1.07 bits per heavy atom. The number of esters is 1. The summed E-state index contributed by atoms with van der Waals surface area (Å²) < 4.78 is 5.30. The van der Waals surface area contributed by atoms with E-state index in [1.165, 1.54) is 11.8 Å². The number of nitrogens with one attached hydrogen (secondary N) is 1. The van der Waals surface area contributed by atoms with E-state index in [1.54, 1.807) is 6.92 Å². The summed E-state index contributed by atoms with van der Waals surface area (Å²) in [6, 6.07) is 15.6. The molecule has 0 aliphatic rings. The fraction of sp³-hybridized carbons (Fsp3) is 0.364. The molecule has 2 aromatic carbocycles. The molecule has 0 bridgehead atoms. The van der Waals surface area contributed by atoms with Gasteiger partial charge in [-0.25, -0.2) is 0 Å². The number of benzene rings is 2. The van der Waals surface area contributed by atoms with Gasteiger partial charge in [-0.15, -0.1) is 11.8 Å². The summed E-state index contributed by atoms with van der Waals surface area (Å²) in [5, 5.41) is 2.89. The van der Waals surface area contributed by atoms with Crippen molar-refractivity contribution < 1.29 is 14.3 Å². The van der Waals surface area contributed by atoms with Crippen LogP contribution in [0, 0.1) is 6.92 Å². The van der Waals surface area contributed by atoms with Gasteiger partial charge in [0.2, 0.25) is 0 Å². The molecule has 144 valence electrons. The van der Waals surface area contributed by atoms with Crippen molar-refractivity contribution in [1.82, 2.24) is 0 Å². The van der Waals surface area contributed by atoms with Gasteiger partial charge in [0.15, 0.2) is 6.10 Å². The van der Waals surface area contributed by atoms with Crippen molar-refractivity contribution >= 4 is 29.3 Å². The average molecular weight is 386 g/mol. The summed E-state index contributed by atoms with van der Waals surface area (Å²) in [4.78, 5) is 25.6. The van der Waals surface area contributed by atoms with E-state index in [4.69, 9.17) is 4.74 Å². The van der Waals surface area contributed by atoms with Crippen LogP contribution >= 0.6 is 11.8 Å². The van der Waals surface area contributed by atoms with Gasteiger partial charge in [-0.3, -0.25) is 9.59 Å². The number of aryl methyl sites for hydroxylation is 1. The molecule has 0 spiro atoms. The lowest BCUT2D eigenvalue weighted by molar-refractivity contribution is -0.150. The van der Waals surface area contributed by atoms with Gasteiger partial charge in [-0.05, 0) is 49.4 Å². The lowest BCUT2D eigenvalue weighted by Crippen LogP contribution is -2.31. The average Bonchev–Trinajstić information content (AvgIpc) is 2.67. The molecule has 5 heteroatoms. The van der Waals surface area contributed by atoms with Crippen LogP contribution in [0.4, 0.5) is 5.69 Å². The van der Waals surface area contributed by atoms with E-state index in [2.05, 4.69) is 19.2 Å². The van der Waals surface area contributed by atoms with Crippen LogP contribution < -0.4 is 5.32 Å². The first kappa shape index (κ1) is 21.0. The van der Waals surface area contributed by atoms with Crippen molar-refractivity contribution in [3.63, 3.8) is 0 Å². The molecule has 0 aromatic heterocycles. The van der Waals surface area contributed by atoms with Gasteiger partial charge in [-0.2, -0.15) is 0 Å². The second kappa shape index (κ2) is 10.2. The van der Waals surface area contributed by atoms with E-state index in [1.807, 2.05) is 55.5 Å². The van der Waals surface area contributed by atoms with E-state index in [0.717, 1.165) is 28.1 Å². The van der Waals surface area contributed by atoms with E-state index < -0.39 is 12.1 Å². The molecule has 27 heavy (non-hydrogen) atoms. The Balaban J connectivity index is 1.90. The molecule has 4 nitrogen and oxygen atoms in total. The SMILES string of the molecule is CC[C@@H](C)c1ccccc1NC(=O)[C@H](C)OC(=O)CSc1ccccc1C. The zero-order valence-corrected chi connectivity index (χ0v) is 17.1. The van der Waals surface area contributed by atoms with Crippen molar-refractivity contribution in [2.75, 3.05) is 11.1 Å². The highest BCUT2D eigenvalue weighted by atomic mass is 32.2. The number of anilines is 1. The molecule has 0 aliphatic heterocycles. The number of ether oxygens (including phenoxy) is 1. The van der Waals surface area contributed by atoms with E-state index in [-0.39, 0.29) is 11.7 Å². The fourth-order valence-corrected chi connectivity index (χ4v) is 3.45. The normalized spacial score (nSPS) is 12.9. The van der Waals surface area contributed by atoms with Crippen molar-refractivity contribution in [2.45, 2.75) is 51.0 Å². The number of rotatable bonds is 8. The number of carbonyl (C=O) groups is 2. The summed E-state index contributed by atoms with van der Waals surface area (Å²) in [5.41, 5.74) is 2.97. The molecule has 0 unspecified atom stereocenters. The molecule has 2 rings (SSSR count). The van der Waals surface area contributed by atoms with Crippen LogP contribution in [-0.2, 0) is 14.3 Å². The largest absolute Gasteiger partial charge is 0.452 e. The molecule has 0 heterocycles. The van der Waals surface area contributed by atoms with E-state index in [0.29, 0.717) is 5.92 Å². The zero-order chi connectivity index (χ0) is 19.8. The Morgan fingerprint density at radius 2 is 1.74 bits per heavy atom. The van der Waals surface area contributed by atoms with E-state index >= 15 is 0 Å². The number of hydrogen-bond acceptors (Lipinski definition) is 4. The van der Waals surface area contributed by atoms with Gasteiger partial charge in [-0.1, -0.05) is 50.2 Å². The third-order valence-corrected chi connectivity index (χ3v) is 5.63.